The van der Waals surface area contributed by atoms with Gasteiger partial charge in [-0.15, -0.1) is 0 Å². The number of ketones is 1. The van der Waals surface area contributed by atoms with Crippen LogP contribution in [-0.4, -0.2) is 35.2 Å². The lowest BCUT2D eigenvalue weighted by atomic mass is 9.95. The van der Waals surface area contributed by atoms with E-state index >= 15 is 0 Å². The first-order chi connectivity index (χ1) is 14.6. The van der Waals surface area contributed by atoms with E-state index < -0.39 is 23.3 Å². The summed E-state index contributed by atoms with van der Waals surface area (Å²) in [6.07, 6.45) is -4.02. The molecule has 0 bridgehead atoms. The number of anilines is 1. The van der Waals surface area contributed by atoms with E-state index in [1.54, 1.807) is 30.3 Å². The minimum Gasteiger partial charge on any atom is -0.377 e. The number of aromatic nitrogens is 2. The van der Waals surface area contributed by atoms with E-state index in [1.807, 2.05) is 0 Å². The van der Waals surface area contributed by atoms with Crippen LogP contribution in [0, 0.1) is 0 Å². The monoisotopic (exact) mass is 451 g/mol. The lowest BCUT2D eigenvalue weighted by Crippen LogP contribution is -2.19. The molecule has 6 nitrogen and oxygen atoms in total. The summed E-state index contributed by atoms with van der Waals surface area (Å²) in [6, 6.07) is 11.0. The van der Waals surface area contributed by atoms with Gasteiger partial charge in [0.05, 0.1) is 0 Å². The third-order valence-corrected chi connectivity index (χ3v) is 4.62. The molecule has 0 atom stereocenters. The number of alkyl halides is 3. The number of hydrogen-bond donors (Lipinski definition) is 1. The molecule has 0 unspecified atom stereocenters. The molecule has 0 aliphatic rings. The average molecular weight is 452 g/mol. The van der Waals surface area contributed by atoms with E-state index in [2.05, 4.69) is 10.4 Å². The highest BCUT2D eigenvalue weighted by molar-refractivity contribution is 6.30. The van der Waals surface area contributed by atoms with Gasteiger partial charge >= 0.3 is 6.18 Å². The smallest absolute Gasteiger partial charge is 0.377 e. The zero-order valence-electron chi connectivity index (χ0n) is 16.5. The van der Waals surface area contributed by atoms with Crippen LogP contribution in [-0.2, 0) is 18.0 Å². The molecule has 1 heterocycles. The zero-order valence-corrected chi connectivity index (χ0v) is 17.2. The number of Topliss-reactive ketones (excluding diaryl/α,β-unsaturated/α-hetero) is 1. The molecule has 31 heavy (non-hydrogen) atoms. The van der Waals surface area contributed by atoms with Crippen molar-refractivity contribution in [1.29, 1.82) is 0 Å². The molecular formula is C21H17ClF3N3O3. The van der Waals surface area contributed by atoms with Gasteiger partial charge in [-0.25, -0.2) is 0 Å². The van der Waals surface area contributed by atoms with Gasteiger partial charge in [0, 0.05) is 42.2 Å². The molecule has 162 valence electrons. The van der Waals surface area contributed by atoms with Crippen LogP contribution >= 0.6 is 11.6 Å². The number of hydrogen-bond acceptors (Lipinski definition) is 4. The number of halogens is 4. The Labute approximate surface area is 180 Å². The molecule has 1 N–H and O–H groups in total. The number of ether oxygens (including phenoxy) is 1. The second-order valence-corrected chi connectivity index (χ2v) is 7.04. The molecule has 0 radical (unpaired) electrons. The highest BCUT2D eigenvalue weighted by atomic mass is 35.5. The highest BCUT2D eigenvalue weighted by Gasteiger charge is 2.38. The second kappa shape index (κ2) is 8.91. The Morgan fingerprint density at radius 2 is 1.84 bits per heavy atom. The quantitative estimate of drug-likeness (QED) is 0.544. The summed E-state index contributed by atoms with van der Waals surface area (Å²) in [5.74, 6) is -1.42. The van der Waals surface area contributed by atoms with Crippen molar-refractivity contribution < 1.29 is 27.5 Å². The van der Waals surface area contributed by atoms with Gasteiger partial charge in [0.25, 0.3) is 5.91 Å². The molecule has 0 fully saturated rings. The highest BCUT2D eigenvalue weighted by Crippen LogP contribution is 2.35. The molecule has 0 spiro atoms. The van der Waals surface area contributed by atoms with Crippen molar-refractivity contribution in [2.75, 3.05) is 19.0 Å². The maximum absolute atomic E-state index is 13.3. The molecule has 0 saturated heterocycles. The predicted molar refractivity (Wildman–Crippen MR) is 109 cm³/mol. The molecule has 1 aromatic heterocycles. The number of methoxy groups -OCH3 is 1. The van der Waals surface area contributed by atoms with E-state index in [4.69, 9.17) is 16.3 Å². The van der Waals surface area contributed by atoms with E-state index in [0.717, 1.165) is 10.9 Å². The van der Waals surface area contributed by atoms with E-state index in [0.29, 0.717) is 16.1 Å². The van der Waals surface area contributed by atoms with Gasteiger partial charge in [-0.1, -0.05) is 35.9 Å². The van der Waals surface area contributed by atoms with Crippen LogP contribution in [0.2, 0.25) is 5.02 Å². The summed E-state index contributed by atoms with van der Waals surface area (Å²) < 4.78 is 45.7. The van der Waals surface area contributed by atoms with Crippen molar-refractivity contribution in [2.45, 2.75) is 6.18 Å². The molecule has 0 saturated carbocycles. The number of aryl methyl sites for hydroxylation is 1. The van der Waals surface area contributed by atoms with Gasteiger partial charge < -0.3 is 10.1 Å². The zero-order chi connectivity index (χ0) is 22.8. The van der Waals surface area contributed by atoms with Crippen LogP contribution in [0.3, 0.4) is 0 Å². The van der Waals surface area contributed by atoms with Crippen LogP contribution in [0.4, 0.5) is 18.9 Å². The van der Waals surface area contributed by atoms with Gasteiger partial charge in [-0.2, -0.15) is 18.3 Å². The van der Waals surface area contributed by atoms with Crippen molar-refractivity contribution in [2.24, 2.45) is 7.05 Å². The van der Waals surface area contributed by atoms with Gasteiger partial charge in [0.2, 0.25) is 0 Å². The molecule has 3 aromatic rings. The fourth-order valence-electron chi connectivity index (χ4n) is 3.07. The van der Waals surface area contributed by atoms with Crippen molar-refractivity contribution in [3.63, 3.8) is 0 Å². The predicted octanol–water partition coefficient (Wildman–Crippen LogP) is 4.84. The molecule has 0 aliphatic carbocycles. The standard InChI is InChI=1S/C21H17ClF3N3O3/c1-28-10-15(21(23,24)25)19(27-28)20(30)26-16-5-3-4-14(17(29)11-31-2)18(16)12-6-8-13(22)9-7-12/h3-10H,11H2,1-2H3,(H,26,30). The number of amides is 1. The number of carbonyl (C=O) groups is 2. The van der Waals surface area contributed by atoms with Gasteiger partial charge in [0.1, 0.15) is 12.2 Å². The third kappa shape index (κ3) is 4.95. The number of nitrogens with zero attached hydrogens (tertiary/aromatic N) is 2. The first kappa shape index (κ1) is 22.5. The lowest BCUT2D eigenvalue weighted by molar-refractivity contribution is -0.137. The van der Waals surface area contributed by atoms with Crippen molar-refractivity contribution >= 4 is 29.0 Å². The van der Waals surface area contributed by atoms with Gasteiger partial charge in [-0.3, -0.25) is 14.3 Å². The summed E-state index contributed by atoms with van der Waals surface area (Å²) in [6.45, 7) is -0.212. The van der Waals surface area contributed by atoms with Crippen molar-refractivity contribution in [1.82, 2.24) is 9.78 Å². The summed E-state index contributed by atoms with van der Waals surface area (Å²) in [4.78, 5) is 25.3. The molecule has 1 amide bonds. The lowest BCUT2D eigenvalue weighted by Gasteiger charge is -2.16. The van der Waals surface area contributed by atoms with Crippen LogP contribution in [0.5, 0.6) is 0 Å². The summed E-state index contributed by atoms with van der Waals surface area (Å²) >= 11 is 5.94. The number of rotatable bonds is 6. The Bertz CT molecular complexity index is 1130. The van der Waals surface area contributed by atoms with Crippen LogP contribution < -0.4 is 5.32 Å². The molecular weight excluding hydrogens is 435 g/mol. The SMILES string of the molecule is COCC(=O)c1cccc(NC(=O)c2nn(C)cc2C(F)(F)F)c1-c1ccc(Cl)cc1. The Kier molecular flexibility index (Phi) is 6.47. The Morgan fingerprint density at radius 1 is 1.16 bits per heavy atom. The van der Waals surface area contributed by atoms with Gasteiger partial charge in [-0.05, 0) is 23.8 Å². The molecule has 3 rings (SSSR count). The topological polar surface area (TPSA) is 73.2 Å². The first-order valence-electron chi connectivity index (χ1n) is 8.95. The number of benzene rings is 2. The van der Waals surface area contributed by atoms with Crippen molar-refractivity contribution in [3.8, 4) is 11.1 Å². The summed E-state index contributed by atoms with van der Waals surface area (Å²) in [7, 11) is 2.65. The Hall–Kier alpha value is -3.17. The minimum atomic E-state index is -4.75. The van der Waals surface area contributed by atoms with Crippen LogP contribution in [0.15, 0.2) is 48.7 Å². The number of nitrogens with one attached hydrogen (secondary N) is 1. The van der Waals surface area contributed by atoms with Crippen LogP contribution in [0.25, 0.3) is 11.1 Å². The summed E-state index contributed by atoms with van der Waals surface area (Å²) in [5.41, 5.74) is -0.680. The van der Waals surface area contributed by atoms with E-state index in [9.17, 15) is 22.8 Å². The van der Waals surface area contributed by atoms with Crippen molar-refractivity contribution in [3.05, 3.63) is 70.5 Å². The largest absolute Gasteiger partial charge is 0.420 e. The second-order valence-electron chi connectivity index (χ2n) is 6.61. The number of carbonyl (C=O) groups excluding carboxylic acids is 2. The third-order valence-electron chi connectivity index (χ3n) is 4.37. The van der Waals surface area contributed by atoms with E-state index in [1.165, 1.54) is 26.3 Å². The maximum Gasteiger partial charge on any atom is 0.420 e. The van der Waals surface area contributed by atoms with E-state index in [-0.39, 0.29) is 23.6 Å². The normalized spacial score (nSPS) is 11.4. The fraction of sp³-hybridized carbons (Fsp3) is 0.190. The maximum atomic E-state index is 13.3. The minimum absolute atomic E-state index is 0.146. The fourth-order valence-corrected chi connectivity index (χ4v) is 3.20. The Balaban J connectivity index is 2.10. The first-order valence-corrected chi connectivity index (χ1v) is 9.33. The average Bonchev–Trinajstić information content (AvgIpc) is 3.11. The Morgan fingerprint density at radius 3 is 2.45 bits per heavy atom. The molecule has 10 heteroatoms. The molecule has 2 aromatic carbocycles. The molecule has 0 aliphatic heterocycles. The van der Waals surface area contributed by atoms with Gasteiger partial charge in [0.15, 0.2) is 11.5 Å². The summed E-state index contributed by atoms with van der Waals surface area (Å²) in [5, 5.41) is 6.57. The van der Waals surface area contributed by atoms with Crippen LogP contribution in [0.1, 0.15) is 26.4 Å².